The van der Waals surface area contributed by atoms with Gasteiger partial charge in [-0.25, -0.2) is 8.42 Å². The molecule has 1 aromatic rings. The van der Waals surface area contributed by atoms with Gasteiger partial charge in [0.25, 0.3) is 0 Å². The Hall–Kier alpha value is -1.43. The Morgan fingerprint density at radius 3 is 2.29 bits per heavy atom. The van der Waals surface area contributed by atoms with Crippen molar-refractivity contribution < 1.29 is 13.5 Å². The van der Waals surface area contributed by atoms with Gasteiger partial charge in [0, 0.05) is 24.9 Å². The predicted molar refractivity (Wildman–Crippen MR) is 56.1 cm³/mol. The fourth-order valence-electron chi connectivity index (χ4n) is 1.03. The van der Waals surface area contributed by atoms with Crippen molar-refractivity contribution in [2.24, 2.45) is 0 Å². The van der Waals surface area contributed by atoms with Gasteiger partial charge >= 0.3 is 0 Å². The van der Waals surface area contributed by atoms with E-state index in [1.165, 1.54) is 12.1 Å². The van der Waals surface area contributed by atoms with Gasteiger partial charge in [0.05, 0.1) is 11.9 Å². The second-order valence-electron chi connectivity index (χ2n) is 2.89. The van der Waals surface area contributed by atoms with Crippen LogP contribution in [0, 0.1) is 0 Å². The molecule has 0 amide bonds. The smallest absolute Gasteiger partial charge is 0.229 e. The van der Waals surface area contributed by atoms with E-state index in [2.05, 4.69) is 10.0 Å². The van der Waals surface area contributed by atoms with Crippen molar-refractivity contribution in [1.82, 2.24) is 0 Å². The van der Waals surface area contributed by atoms with E-state index in [4.69, 9.17) is 0 Å². The van der Waals surface area contributed by atoms with Gasteiger partial charge < -0.3 is 10.4 Å². The van der Waals surface area contributed by atoms with E-state index in [9.17, 15) is 13.5 Å². The standard InChI is InChI=1S/C8H12N2O3S/c1-9-6-3-7(5-8(11)4-6)10-14(2,12)13/h3-5,9-11H,1-2H3. The summed E-state index contributed by atoms with van der Waals surface area (Å²) in [6, 6.07) is 4.41. The Balaban J connectivity index is 3.04. The summed E-state index contributed by atoms with van der Waals surface area (Å²) in [6.07, 6.45) is 1.05. The topological polar surface area (TPSA) is 78.4 Å². The second-order valence-corrected chi connectivity index (χ2v) is 4.64. The van der Waals surface area contributed by atoms with Gasteiger partial charge in [0.2, 0.25) is 10.0 Å². The van der Waals surface area contributed by atoms with Gasteiger partial charge in [-0.3, -0.25) is 4.72 Å². The third kappa shape index (κ3) is 3.14. The molecule has 0 saturated heterocycles. The monoisotopic (exact) mass is 216 g/mol. The first-order chi connectivity index (χ1) is 6.40. The molecule has 14 heavy (non-hydrogen) atoms. The fourth-order valence-corrected chi connectivity index (χ4v) is 1.57. The minimum atomic E-state index is -3.31. The quantitative estimate of drug-likeness (QED) is 0.698. The van der Waals surface area contributed by atoms with Crippen molar-refractivity contribution in [3.63, 3.8) is 0 Å². The van der Waals surface area contributed by atoms with E-state index in [1.54, 1.807) is 13.1 Å². The summed E-state index contributed by atoms with van der Waals surface area (Å²) in [5, 5.41) is 12.0. The van der Waals surface area contributed by atoms with Crippen LogP contribution in [-0.2, 0) is 10.0 Å². The summed E-state index contributed by atoms with van der Waals surface area (Å²) in [4.78, 5) is 0. The highest BCUT2D eigenvalue weighted by Crippen LogP contribution is 2.23. The molecule has 0 fully saturated rings. The zero-order valence-electron chi connectivity index (χ0n) is 7.90. The molecule has 5 nitrogen and oxygen atoms in total. The average Bonchev–Trinajstić information content (AvgIpc) is 1.99. The maximum atomic E-state index is 10.9. The molecule has 1 aromatic carbocycles. The number of aromatic hydroxyl groups is 1. The van der Waals surface area contributed by atoms with Crippen LogP contribution >= 0.6 is 0 Å². The molecular weight excluding hydrogens is 204 g/mol. The van der Waals surface area contributed by atoms with Crippen molar-refractivity contribution in [2.45, 2.75) is 0 Å². The minimum Gasteiger partial charge on any atom is -0.508 e. The number of rotatable bonds is 3. The van der Waals surface area contributed by atoms with Gasteiger partial charge in [-0.15, -0.1) is 0 Å². The van der Waals surface area contributed by atoms with Gasteiger partial charge in [0.15, 0.2) is 0 Å². The number of anilines is 2. The lowest BCUT2D eigenvalue weighted by Crippen LogP contribution is -2.09. The first-order valence-corrected chi connectivity index (χ1v) is 5.79. The summed E-state index contributed by atoms with van der Waals surface area (Å²) in [6.45, 7) is 0. The second kappa shape index (κ2) is 3.75. The number of hydrogen-bond donors (Lipinski definition) is 3. The van der Waals surface area contributed by atoms with Crippen LogP contribution in [0.25, 0.3) is 0 Å². The number of phenolic OH excluding ortho intramolecular Hbond substituents is 1. The molecule has 6 heteroatoms. The average molecular weight is 216 g/mol. The highest BCUT2D eigenvalue weighted by atomic mass is 32.2. The van der Waals surface area contributed by atoms with Gasteiger partial charge in [-0.1, -0.05) is 0 Å². The maximum absolute atomic E-state index is 10.9. The largest absolute Gasteiger partial charge is 0.508 e. The normalized spacial score (nSPS) is 11.0. The Kier molecular flexibility index (Phi) is 2.85. The predicted octanol–water partition coefficient (Wildman–Crippen LogP) is 0.805. The van der Waals surface area contributed by atoms with E-state index in [1.807, 2.05) is 0 Å². The Morgan fingerprint density at radius 2 is 1.79 bits per heavy atom. The highest BCUT2D eigenvalue weighted by molar-refractivity contribution is 7.92. The maximum Gasteiger partial charge on any atom is 0.229 e. The van der Waals surface area contributed by atoms with Crippen LogP contribution < -0.4 is 10.0 Å². The zero-order chi connectivity index (χ0) is 10.8. The van der Waals surface area contributed by atoms with Crippen LogP contribution in [0.4, 0.5) is 11.4 Å². The summed E-state index contributed by atoms with van der Waals surface area (Å²) in [5.41, 5.74) is 0.966. The van der Waals surface area contributed by atoms with E-state index in [0.717, 1.165) is 6.26 Å². The van der Waals surface area contributed by atoms with Crippen LogP contribution in [0.3, 0.4) is 0 Å². The van der Waals surface area contributed by atoms with Gasteiger partial charge in [-0.2, -0.15) is 0 Å². The molecular formula is C8H12N2O3S. The minimum absolute atomic E-state index is 0.00278. The van der Waals surface area contributed by atoms with E-state index in [-0.39, 0.29) is 5.75 Å². The third-order valence-corrected chi connectivity index (χ3v) is 2.12. The van der Waals surface area contributed by atoms with Crippen molar-refractivity contribution in [3.05, 3.63) is 18.2 Å². The van der Waals surface area contributed by atoms with Crippen LogP contribution in [0.2, 0.25) is 0 Å². The van der Waals surface area contributed by atoms with Gasteiger partial charge in [0.1, 0.15) is 5.75 Å². The molecule has 0 unspecified atom stereocenters. The molecule has 78 valence electrons. The summed E-state index contributed by atoms with van der Waals surface area (Å²) in [7, 11) is -1.63. The zero-order valence-corrected chi connectivity index (χ0v) is 8.72. The lowest BCUT2D eigenvalue weighted by Gasteiger charge is -2.07. The van der Waals surface area contributed by atoms with E-state index in [0.29, 0.717) is 11.4 Å². The van der Waals surface area contributed by atoms with Crippen molar-refractivity contribution in [2.75, 3.05) is 23.3 Å². The summed E-state index contributed by atoms with van der Waals surface area (Å²) < 4.78 is 24.1. The summed E-state index contributed by atoms with van der Waals surface area (Å²) >= 11 is 0. The highest BCUT2D eigenvalue weighted by Gasteiger charge is 2.04. The first kappa shape index (κ1) is 10.6. The Morgan fingerprint density at radius 1 is 1.21 bits per heavy atom. The first-order valence-electron chi connectivity index (χ1n) is 3.90. The van der Waals surface area contributed by atoms with E-state index < -0.39 is 10.0 Å². The molecule has 0 atom stereocenters. The van der Waals surface area contributed by atoms with Crippen LogP contribution in [0.1, 0.15) is 0 Å². The number of sulfonamides is 1. The number of benzene rings is 1. The van der Waals surface area contributed by atoms with Crippen LogP contribution in [0.5, 0.6) is 5.75 Å². The van der Waals surface area contributed by atoms with Gasteiger partial charge in [-0.05, 0) is 6.07 Å². The third-order valence-electron chi connectivity index (χ3n) is 1.51. The molecule has 0 spiro atoms. The molecule has 0 aliphatic heterocycles. The number of nitrogens with one attached hydrogen (secondary N) is 2. The van der Waals surface area contributed by atoms with Crippen molar-refractivity contribution in [3.8, 4) is 5.75 Å². The molecule has 0 aromatic heterocycles. The molecule has 0 heterocycles. The number of phenols is 1. The number of hydrogen-bond acceptors (Lipinski definition) is 4. The SMILES string of the molecule is CNc1cc(O)cc(NS(C)(=O)=O)c1. The lowest BCUT2D eigenvalue weighted by atomic mass is 10.2. The Bertz CT molecular complexity index is 428. The molecule has 0 saturated carbocycles. The molecule has 3 N–H and O–H groups in total. The molecule has 0 radical (unpaired) electrons. The fraction of sp³-hybridized carbons (Fsp3) is 0.250. The van der Waals surface area contributed by atoms with E-state index >= 15 is 0 Å². The molecule has 0 aliphatic carbocycles. The molecule has 1 rings (SSSR count). The molecule has 0 bridgehead atoms. The lowest BCUT2D eigenvalue weighted by molar-refractivity contribution is 0.476. The summed E-state index contributed by atoms with van der Waals surface area (Å²) in [5.74, 6) is 0.00278. The van der Waals surface area contributed by atoms with Crippen LogP contribution in [0.15, 0.2) is 18.2 Å². The van der Waals surface area contributed by atoms with Crippen molar-refractivity contribution >= 4 is 21.4 Å². The van der Waals surface area contributed by atoms with Crippen LogP contribution in [-0.4, -0.2) is 26.8 Å². The molecule has 0 aliphatic rings. The van der Waals surface area contributed by atoms with Crippen molar-refractivity contribution in [1.29, 1.82) is 0 Å². The Labute approximate surface area is 82.8 Å².